The van der Waals surface area contributed by atoms with Crippen LogP contribution in [0.2, 0.25) is 0 Å². The van der Waals surface area contributed by atoms with Crippen molar-refractivity contribution in [2.75, 3.05) is 5.73 Å². The summed E-state index contributed by atoms with van der Waals surface area (Å²) < 4.78 is 5.26. The van der Waals surface area contributed by atoms with E-state index in [1.165, 1.54) is 11.3 Å². The Morgan fingerprint density at radius 2 is 2.19 bits per heavy atom. The van der Waals surface area contributed by atoms with Gasteiger partial charge in [-0.3, -0.25) is 0 Å². The molecule has 7 heteroatoms. The summed E-state index contributed by atoms with van der Waals surface area (Å²) in [5, 5.41) is 1.23. The van der Waals surface area contributed by atoms with E-state index in [0.29, 0.717) is 21.1 Å². The molecule has 5 nitrogen and oxygen atoms in total. The number of anilines is 1. The highest BCUT2D eigenvalue weighted by Gasteiger charge is 2.12. The maximum Gasteiger partial charge on any atom is 0.222 e. The van der Waals surface area contributed by atoms with Crippen LogP contribution in [0.1, 0.15) is 0 Å². The fourth-order valence-corrected chi connectivity index (χ4v) is 2.58. The average molecular weight is 250 g/mol. The van der Waals surface area contributed by atoms with Crippen molar-refractivity contribution in [3.63, 3.8) is 0 Å². The Kier molecular flexibility index (Phi) is 2.08. The number of nitrogens with zero attached hydrogens (tertiary/aromatic N) is 3. The zero-order valence-electron chi connectivity index (χ0n) is 7.91. The van der Waals surface area contributed by atoms with Crippen LogP contribution < -0.4 is 5.73 Å². The SMILES string of the molecule is Nc1nc(S)c2nc(-c3ccco3)sc2n1. The van der Waals surface area contributed by atoms with Gasteiger partial charge in [-0.05, 0) is 12.1 Å². The molecule has 0 radical (unpaired) electrons. The second-order valence-corrected chi connectivity index (χ2v) is 4.46. The number of hydrogen-bond acceptors (Lipinski definition) is 7. The van der Waals surface area contributed by atoms with Crippen molar-refractivity contribution in [1.82, 2.24) is 15.0 Å². The van der Waals surface area contributed by atoms with E-state index in [0.717, 1.165) is 5.01 Å². The standard InChI is InChI=1S/C9H6N4OS2/c10-9-12-6(15)5-8(13-9)16-7(11-5)4-2-1-3-14-4/h1-3H,(H3,10,12,13,15). The van der Waals surface area contributed by atoms with Gasteiger partial charge in [0, 0.05) is 0 Å². The van der Waals surface area contributed by atoms with Gasteiger partial charge in [-0.2, -0.15) is 0 Å². The largest absolute Gasteiger partial charge is 0.462 e. The second kappa shape index (κ2) is 3.46. The Morgan fingerprint density at radius 1 is 1.31 bits per heavy atom. The van der Waals surface area contributed by atoms with Gasteiger partial charge in [0.25, 0.3) is 0 Å². The minimum Gasteiger partial charge on any atom is -0.462 e. The normalized spacial score (nSPS) is 11.1. The van der Waals surface area contributed by atoms with Gasteiger partial charge in [-0.15, -0.1) is 12.6 Å². The highest BCUT2D eigenvalue weighted by molar-refractivity contribution is 7.80. The number of nitrogens with two attached hydrogens (primary N) is 1. The van der Waals surface area contributed by atoms with E-state index in [-0.39, 0.29) is 5.95 Å². The maximum absolute atomic E-state index is 5.54. The molecule has 0 aliphatic rings. The Hall–Kier alpha value is -1.60. The van der Waals surface area contributed by atoms with E-state index in [2.05, 4.69) is 27.6 Å². The summed E-state index contributed by atoms with van der Waals surface area (Å²) in [6, 6.07) is 3.65. The number of nitrogen functional groups attached to an aromatic ring is 1. The van der Waals surface area contributed by atoms with Crippen LogP contribution in [0.4, 0.5) is 5.95 Å². The first kappa shape index (κ1) is 9.61. The molecule has 0 fully saturated rings. The lowest BCUT2D eigenvalue weighted by Crippen LogP contribution is -1.94. The van der Waals surface area contributed by atoms with E-state index in [4.69, 9.17) is 10.2 Å². The summed E-state index contributed by atoms with van der Waals surface area (Å²) in [6.07, 6.45) is 1.60. The number of furan rings is 1. The Bertz CT molecular complexity index is 647. The third-order valence-electron chi connectivity index (χ3n) is 1.99. The minimum atomic E-state index is 0.201. The molecule has 0 unspecified atom stereocenters. The number of hydrogen-bond donors (Lipinski definition) is 2. The first-order valence-electron chi connectivity index (χ1n) is 4.41. The molecular weight excluding hydrogens is 244 g/mol. The van der Waals surface area contributed by atoms with E-state index < -0.39 is 0 Å². The van der Waals surface area contributed by atoms with Crippen molar-refractivity contribution in [3.05, 3.63) is 18.4 Å². The van der Waals surface area contributed by atoms with Gasteiger partial charge >= 0.3 is 0 Å². The van der Waals surface area contributed by atoms with Crippen LogP contribution in [0.5, 0.6) is 0 Å². The summed E-state index contributed by atoms with van der Waals surface area (Å²) in [4.78, 5) is 13.1. The molecule has 0 aliphatic heterocycles. The third-order valence-corrected chi connectivity index (χ3v) is 3.27. The predicted molar refractivity (Wildman–Crippen MR) is 64.6 cm³/mol. The molecule has 3 heterocycles. The smallest absolute Gasteiger partial charge is 0.222 e. The molecule has 80 valence electrons. The molecule has 3 aromatic rings. The average Bonchev–Trinajstić information content (AvgIpc) is 2.82. The maximum atomic E-state index is 5.54. The molecule has 0 spiro atoms. The Morgan fingerprint density at radius 3 is 2.94 bits per heavy atom. The molecular formula is C9H6N4OS2. The molecule has 0 aromatic carbocycles. The number of rotatable bonds is 1. The molecule has 0 bridgehead atoms. The highest BCUT2D eigenvalue weighted by Crippen LogP contribution is 2.31. The van der Waals surface area contributed by atoms with Crippen LogP contribution >= 0.6 is 24.0 Å². The van der Waals surface area contributed by atoms with E-state index in [1.807, 2.05) is 12.1 Å². The van der Waals surface area contributed by atoms with Gasteiger partial charge in [0.15, 0.2) is 15.6 Å². The van der Waals surface area contributed by atoms with E-state index in [9.17, 15) is 0 Å². The van der Waals surface area contributed by atoms with Gasteiger partial charge in [-0.25, -0.2) is 15.0 Å². The zero-order valence-corrected chi connectivity index (χ0v) is 9.63. The lowest BCUT2D eigenvalue weighted by atomic mass is 10.5. The molecule has 2 N–H and O–H groups in total. The fourth-order valence-electron chi connectivity index (χ4n) is 1.33. The first-order chi connectivity index (χ1) is 7.74. The predicted octanol–water partition coefficient (Wildman–Crippen LogP) is 2.22. The Labute approximate surface area is 99.8 Å². The van der Waals surface area contributed by atoms with Crippen LogP contribution in [0.15, 0.2) is 27.8 Å². The van der Waals surface area contributed by atoms with Crippen LogP contribution in [0.3, 0.4) is 0 Å². The lowest BCUT2D eigenvalue weighted by molar-refractivity contribution is 0.582. The van der Waals surface area contributed by atoms with Crippen LogP contribution in [-0.2, 0) is 0 Å². The topological polar surface area (TPSA) is 77.8 Å². The zero-order chi connectivity index (χ0) is 11.1. The third kappa shape index (κ3) is 1.44. The molecule has 0 atom stereocenters. The van der Waals surface area contributed by atoms with Crippen molar-refractivity contribution in [2.24, 2.45) is 0 Å². The monoisotopic (exact) mass is 250 g/mol. The van der Waals surface area contributed by atoms with Crippen LogP contribution in [0, 0.1) is 0 Å². The van der Waals surface area contributed by atoms with Crippen molar-refractivity contribution in [1.29, 1.82) is 0 Å². The van der Waals surface area contributed by atoms with Crippen LogP contribution in [-0.4, -0.2) is 15.0 Å². The summed E-state index contributed by atoms with van der Waals surface area (Å²) in [6.45, 7) is 0. The lowest BCUT2D eigenvalue weighted by Gasteiger charge is -1.93. The molecule has 0 saturated carbocycles. The summed E-state index contributed by atoms with van der Waals surface area (Å²) >= 11 is 5.61. The van der Waals surface area contributed by atoms with Gasteiger partial charge in [-0.1, -0.05) is 11.3 Å². The van der Waals surface area contributed by atoms with Gasteiger partial charge < -0.3 is 10.2 Å². The summed E-state index contributed by atoms with van der Waals surface area (Å²) in [7, 11) is 0. The number of thiol groups is 1. The van der Waals surface area contributed by atoms with Crippen molar-refractivity contribution in [3.8, 4) is 10.8 Å². The van der Waals surface area contributed by atoms with Crippen molar-refractivity contribution < 1.29 is 4.42 Å². The molecule has 0 aliphatic carbocycles. The molecule has 3 rings (SSSR count). The Balaban J connectivity index is 2.27. The van der Waals surface area contributed by atoms with Crippen LogP contribution in [0.25, 0.3) is 21.1 Å². The quantitative estimate of drug-likeness (QED) is 0.511. The first-order valence-corrected chi connectivity index (χ1v) is 5.67. The summed E-state index contributed by atoms with van der Waals surface area (Å²) in [5.74, 6) is 0.904. The minimum absolute atomic E-state index is 0.201. The molecule has 0 amide bonds. The number of thiazole rings is 1. The van der Waals surface area contributed by atoms with Gasteiger partial charge in [0.2, 0.25) is 5.95 Å². The highest BCUT2D eigenvalue weighted by atomic mass is 32.1. The second-order valence-electron chi connectivity index (χ2n) is 3.06. The summed E-state index contributed by atoms with van der Waals surface area (Å²) in [5.41, 5.74) is 6.18. The molecule has 16 heavy (non-hydrogen) atoms. The number of fused-ring (bicyclic) bond motifs is 1. The van der Waals surface area contributed by atoms with Crippen molar-refractivity contribution >= 4 is 40.3 Å². The van der Waals surface area contributed by atoms with E-state index >= 15 is 0 Å². The van der Waals surface area contributed by atoms with Gasteiger partial charge in [0.1, 0.15) is 10.5 Å². The van der Waals surface area contributed by atoms with E-state index in [1.54, 1.807) is 6.26 Å². The molecule has 0 saturated heterocycles. The molecule has 3 aromatic heterocycles. The van der Waals surface area contributed by atoms with Crippen molar-refractivity contribution in [2.45, 2.75) is 5.03 Å². The van der Waals surface area contributed by atoms with Gasteiger partial charge in [0.05, 0.1) is 6.26 Å². The number of aromatic nitrogens is 3. The fraction of sp³-hybridized carbons (Fsp3) is 0.